The minimum atomic E-state index is 0.125. The third kappa shape index (κ3) is 3.98. The maximum absolute atomic E-state index is 5.97. The number of aromatic nitrogens is 4. The third-order valence-electron chi connectivity index (χ3n) is 4.88. The van der Waals surface area contributed by atoms with Gasteiger partial charge < -0.3 is 9.15 Å². The highest BCUT2D eigenvalue weighted by Crippen LogP contribution is 2.32. The van der Waals surface area contributed by atoms with Crippen LogP contribution in [0.4, 0.5) is 0 Å². The molecular formula is C20H23N5O2. The highest BCUT2D eigenvalue weighted by Gasteiger charge is 2.29. The molecule has 1 fully saturated rings. The molecule has 140 valence electrons. The van der Waals surface area contributed by atoms with E-state index in [-0.39, 0.29) is 6.04 Å². The van der Waals surface area contributed by atoms with Gasteiger partial charge >= 0.3 is 0 Å². The van der Waals surface area contributed by atoms with Crippen LogP contribution in [0.15, 0.2) is 41.1 Å². The molecule has 1 saturated heterocycles. The summed E-state index contributed by atoms with van der Waals surface area (Å²) in [5.74, 6) is 1.95. The molecule has 0 spiro atoms. The summed E-state index contributed by atoms with van der Waals surface area (Å²) < 4.78 is 11.2. The SMILES string of the molecule is COc1ccc(CN2CCCCC2c2nnc(-c3cnc(C)cn3)o2)cc1. The Hall–Kier alpha value is -2.80. The van der Waals surface area contributed by atoms with Gasteiger partial charge in [-0.25, -0.2) is 4.98 Å². The Balaban J connectivity index is 1.52. The average Bonchev–Trinajstić information content (AvgIpc) is 3.19. The van der Waals surface area contributed by atoms with Crippen molar-refractivity contribution in [3.8, 4) is 17.3 Å². The van der Waals surface area contributed by atoms with E-state index in [1.807, 2.05) is 19.1 Å². The number of hydrogen-bond acceptors (Lipinski definition) is 7. The first-order valence-corrected chi connectivity index (χ1v) is 9.22. The highest BCUT2D eigenvalue weighted by atomic mass is 16.5. The van der Waals surface area contributed by atoms with Crippen molar-refractivity contribution >= 4 is 0 Å². The van der Waals surface area contributed by atoms with Gasteiger partial charge in [-0.2, -0.15) is 0 Å². The molecule has 27 heavy (non-hydrogen) atoms. The van der Waals surface area contributed by atoms with Crippen molar-refractivity contribution in [2.45, 2.75) is 38.8 Å². The van der Waals surface area contributed by atoms with Crippen molar-refractivity contribution in [2.24, 2.45) is 0 Å². The molecular weight excluding hydrogens is 342 g/mol. The molecule has 0 amide bonds. The normalized spacial score (nSPS) is 17.8. The summed E-state index contributed by atoms with van der Waals surface area (Å²) in [5.41, 5.74) is 2.71. The maximum atomic E-state index is 5.97. The van der Waals surface area contributed by atoms with E-state index in [2.05, 4.69) is 37.2 Å². The predicted molar refractivity (Wildman–Crippen MR) is 100 cm³/mol. The Morgan fingerprint density at radius 2 is 1.96 bits per heavy atom. The monoisotopic (exact) mass is 365 g/mol. The Kier molecular flexibility index (Phi) is 5.11. The minimum Gasteiger partial charge on any atom is -0.497 e. The van der Waals surface area contributed by atoms with Crippen molar-refractivity contribution in [3.63, 3.8) is 0 Å². The molecule has 3 aromatic rings. The second-order valence-corrected chi connectivity index (χ2v) is 6.82. The van der Waals surface area contributed by atoms with E-state index in [4.69, 9.17) is 9.15 Å². The Bertz CT molecular complexity index is 876. The number of methoxy groups -OCH3 is 1. The second kappa shape index (κ2) is 7.84. The lowest BCUT2D eigenvalue weighted by Gasteiger charge is -2.33. The lowest BCUT2D eigenvalue weighted by atomic mass is 10.0. The molecule has 0 aliphatic carbocycles. The fourth-order valence-corrected chi connectivity index (χ4v) is 3.40. The molecule has 7 heteroatoms. The van der Waals surface area contributed by atoms with E-state index < -0.39 is 0 Å². The van der Waals surface area contributed by atoms with Gasteiger partial charge in [0.25, 0.3) is 5.89 Å². The van der Waals surface area contributed by atoms with Gasteiger partial charge in [0.05, 0.1) is 25.0 Å². The fourth-order valence-electron chi connectivity index (χ4n) is 3.40. The fraction of sp³-hybridized carbons (Fsp3) is 0.400. The van der Waals surface area contributed by atoms with Crippen LogP contribution in [0.3, 0.4) is 0 Å². The van der Waals surface area contributed by atoms with Crippen LogP contribution in [0.2, 0.25) is 0 Å². The van der Waals surface area contributed by atoms with Crippen LogP contribution in [0, 0.1) is 6.92 Å². The summed E-state index contributed by atoms with van der Waals surface area (Å²) in [6.45, 7) is 3.75. The average molecular weight is 365 g/mol. The van der Waals surface area contributed by atoms with Gasteiger partial charge in [-0.1, -0.05) is 18.6 Å². The zero-order valence-corrected chi connectivity index (χ0v) is 15.6. The molecule has 0 saturated carbocycles. The molecule has 4 rings (SSSR count). The molecule has 2 aromatic heterocycles. The number of benzene rings is 1. The van der Waals surface area contributed by atoms with Crippen LogP contribution >= 0.6 is 0 Å². The largest absolute Gasteiger partial charge is 0.497 e. The Labute approximate surface area is 158 Å². The molecule has 3 heterocycles. The first kappa shape index (κ1) is 17.6. The predicted octanol–water partition coefficient (Wildman–Crippen LogP) is 3.57. The summed E-state index contributed by atoms with van der Waals surface area (Å²) in [6, 6.07) is 8.32. The van der Waals surface area contributed by atoms with E-state index in [1.165, 1.54) is 12.0 Å². The summed E-state index contributed by atoms with van der Waals surface area (Å²) in [5, 5.41) is 8.50. The minimum absolute atomic E-state index is 0.125. The summed E-state index contributed by atoms with van der Waals surface area (Å²) >= 11 is 0. The lowest BCUT2D eigenvalue weighted by Crippen LogP contribution is -2.33. The standard InChI is InChI=1S/C20H23N5O2/c1-14-11-22-17(12-21-14)19-23-24-20(27-19)18-5-3-4-10-25(18)13-15-6-8-16(26-2)9-7-15/h6-9,11-12,18H,3-5,10,13H2,1-2H3. The summed E-state index contributed by atoms with van der Waals surface area (Å²) in [4.78, 5) is 11.0. The summed E-state index contributed by atoms with van der Waals surface area (Å²) in [7, 11) is 1.68. The number of aryl methyl sites for hydroxylation is 1. The quantitative estimate of drug-likeness (QED) is 0.684. The number of nitrogens with zero attached hydrogens (tertiary/aromatic N) is 5. The number of ether oxygens (including phenoxy) is 1. The van der Waals surface area contributed by atoms with E-state index in [0.29, 0.717) is 17.5 Å². The van der Waals surface area contributed by atoms with Crippen molar-refractivity contribution in [1.82, 2.24) is 25.1 Å². The smallest absolute Gasteiger partial charge is 0.267 e. The number of rotatable bonds is 5. The molecule has 7 nitrogen and oxygen atoms in total. The van der Waals surface area contributed by atoms with Gasteiger partial charge in [-0.05, 0) is 44.0 Å². The first-order chi connectivity index (χ1) is 13.2. The molecule has 0 bridgehead atoms. The number of likely N-dealkylation sites (tertiary alicyclic amines) is 1. The van der Waals surface area contributed by atoms with Gasteiger partial charge in [0.2, 0.25) is 5.89 Å². The van der Waals surface area contributed by atoms with Crippen LogP contribution in [0.5, 0.6) is 5.75 Å². The molecule has 1 aromatic carbocycles. The molecule has 0 radical (unpaired) electrons. The van der Waals surface area contributed by atoms with Crippen LogP contribution in [-0.4, -0.2) is 38.7 Å². The third-order valence-corrected chi connectivity index (χ3v) is 4.88. The number of hydrogen-bond donors (Lipinski definition) is 0. The first-order valence-electron chi connectivity index (χ1n) is 9.22. The molecule has 0 N–H and O–H groups in total. The van der Waals surface area contributed by atoms with Crippen LogP contribution in [0.25, 0.3) is 11.6 Å². The maximum Gasteiger partial charge on any atom is 0.267 e. The zero-order chi connectivity index (χ0) is 18.6. The van der Waals surface area contributed by atoms with Gasteiger partial charge in [-0.15, -0.1) is 10.2 Å². The van der Waals surface area contributed by atoms with Gasteiger partial charge in [-0.3, -0.25) is 9.88 Å². The molecule has 1 aliphatic rings. The van der Waals surface area contributed by atoms with Gasteiger partial charge in [0, 0.05) is 12.7 Å². The Morgan fingerprint density at radius 3 is 2.70 bits per heavy atom. The van der Waals surface area contributed by atoms with Crippen molar-refractivity contribution in [1.29, 1.82) is 0 Å². The van der Waals surface area contributed by atoms with Crippen LogP contribution in [-0.2, 0) is 6.54 Å². The lowest BCUT2D eigenvalue weighted by molar-refractivity contribution is 0.118. The number of piperidine rings is 1. The van der Waals surface area contributed by atoms with E-state index >= 15 is 0 Å². The van der Waals surface area contributed by atoms with Crippen LogP contribution in [0.1, 0.15) is 42.5 Å². The van der Waals surface area contributed by atoms with E-state index in [9.17, 15) is 0 Å². The molecule has 1 atom stereocenters. The molecule has 1 aliphatic heterocycles. The highest BCUT2D eigenvalue weighted by molar-refractivity contribution is 5.43. The van der Waals surface area contributed by atoms with E-state index in [0.717, 1.165) is 37.4 Å². The zero-order valence-electron chi connectivity index (χ0n) is 15.6. The van der Waals surface area contributed by atoms with Crippen molar-refractivity contribution in [2.75, 3.05) is 13.7 Å². The van der Waals surface area contributed by atoms with Gasteiger partial charge in [0.1, 0.15) is 11.4 Å². The molecule has 1 unspecified atom stereocenters. The Morgan fingerprint density at radius 1 is 1.11 bits per heavy atom. The van der Waals surface area contributed by atoms with E-state index in [1.54, 1.807) is 19.5 Å². The summed E-state index contributed by atoms with van der Waals surface area (Å²) in [6.07, 6.45) is 6.72. The second-order valence-electron chi connectivity index (χ2n) is 6.82. The van der Waals surface area contributed by atoms with Crippen molar-refractivity contribution in [3.05, 3.63) is 53.8 Å². The van der Waals surface area contributed by atoms with Crippen LogP contribution < -0.4 is 4.74 Å². The van der Waals surface area contributed by atoms with Gasteiger partial charge in [0.15, 0.2) is 0 Å². The topological polar surface area (TPSA) is 77.2 Å². The van der Waals surface area contributed by atoms with Crippen molar-refractivity contribution < 1.29 is 9.15 Å².